The van der Waals surface area contributed by atoms with E-state index in [1.165, 1.54) is 12.1 Å². The Morgan fingerprint density at radius 3 is 2.20 bits per heavy atom. The van der Waals surface area contributed by atoms with Crippen LogP contribution in [0, 0.1) is 18.2 Å². The van der Waals surface area contributed by atoms with Crippen molar-refractivity contribution in [3.63, 3.8) is 0 Å². The van der Waals surface area contributed by atoms with Crippen molar-refractivity contribution in [3.05, 3.63) is 141 Å². The van der Waals surface area contributed by atoms with Crippen LogP contribution in [0.5, 0.6) is 0 Å². The van der Waals surface area contributed by atoms with E-state index in [0.717, 1.165) is 5.56 Å². The maximum absolute atomic E-state index is 14.6. The van der Waals surface area contributed by atoms with Crippen LogP contribution in [0.2, 0.25) is 5.02 Å². The number of aryl methyl sites for hydroxylation is 1. The SMILES string of the molecule is Cc1ccc(C(=O)[C@H]2[C@H](c3ccccc3Cl)C3(C(=O)c4ccccc4C3=O)[C@@H]3C=Cc4cc(F)ccc4N32)cc1. The highest BCUT2D eigenvalue weighted by molar-refractivity contribution is 6.34. The number of ketones is 3. The second kappa shape index (κ2) is 8.83. The molecule has 1 saturated heterocycles. The number of anilines is 1. The van der Waals surface area contributed by atoms with Crippen molar-refractivity contribution in [1.29, 1.82) is 0 Å². The van der Waals surface area contributed by atoms with Gasteiger partial charge in [0.2, 0.25) is 0 Å². The van der Waals surface area contributed by atoms with E-state index >= 15 is 0 Å². The zero-order valence-electron chi connectivity index (χ0n) is 21.5. The van der Waals surface area contributed by atoms with Gasteiger partial charge in [-0.15, -0.1) is 0 Å². The lowest BCUT2D eigenvalue weighted by Crippen LogP contribution is -2.48. The summed E-state index contributed by atoms with van der Waals surface area (Å²) in [6.07, 6.45) is 3.52. The van der Waals surface area contributed by atoms with Gasteiger partial charge in [0, 0.05) is 38.9 Å². The lowest BCUT2D eigenvalue weighted by Gasteiger charge is -2.37. The molecule has 0 radical (unpaired) electrons. The summed E-state index contributed by atoms with van der Waals surface area (Å²) in [7, 11) is 0. The molecule has 1 fully saturated rings. The third kappa shape index (κ3) is 3.21. The monoisotopic (exact) mass is 547 g/mol. The molecule has 0 N–H and O–H groups in total. The summed E-state index contributed by atoms with van der Waals surface area (Å²) in [5.74, 6) is -2.23. The van der Waals surface area contributed by atoms with Crippen molar-refractivity contribution in [2.24, 2.45) is 5.41 Å². The van der Waals surface area contributed by atoms with Gasteiger partial charge in [-0.25, -0.2) is 4.39 Å². The van der Waals surface area contributed by atoms with Crippen LogP contribution < -0.4 is 4.90 Å². The van der Waals surface area contributed by atoms with Gasteiger partial charge in [-0.2, -0.15) is 0 Å². The number of fused-ring (bicyclic) bond motifs is 5. The molecule has 196 valence electrons. The molecule has 7 rings (SSSR count). The van der Waals surface area contributed by atoms with Crippen LogP contribution in [0.1, 0.15) is 53.7 Å². The number of halogens is 2. The molecule has 4 nitrogen and oxygen atoms in total. The summed E-state index contributed by atoms with van der Waals surface area (Å²) in [5, 5.41) is 0.369. The largest absolute Gasteiger partial charge is 0.352 e. The van der Waals surface area contributed by atoms with Crippen molar-refractivity contribution < 1.29 is 18.8 Å². The van der Waals surface area contributed by atoms with Crippen LogP contribution >= 0.6 is 11.6 Å². The first-order valence-electron chi connectivity index (χ1n) is 13.1. The Labute approximate surface area is 235 Å². The average Bonchev–Trinajstić information content (AvgIpc) is 3.39. The third-order valence-electron chi connectivity index (χ3n) is 8.61. The van der Waals surface area contributed by atoms with E-state index < -0.39 is 29.2 Å². The number of nitrogens with zero attached hydrogens (tertiary/aromatic N) is 1. The molecule has 3 atom stereocenters. The van der Waals surface area contributed by atoms with Crippen LogP contribution in [-0.2, 0) is 0 Å². The molecule has 4 aromatic rings. The van der Waals surface area contributed by atoms with Crippen molar-refractivity contribution in [3.8, 4) is 0 Å². The zero-order chi connectivity index (χ0) is 27.8. The minimum atomic E-state index is -1.65. The maximum atomic E-state index is 14.6. The second-order valence-corrected chi connectivity index (χ2v) is 11.1. The number of benzene rings is 4. The number of hydrogen-bond acceptors (Lipinski definition) is 4. The van der Waals surface area contributed by atoms with Crippen LogP contribution in [0.4, 0.5) is 10.1 Å². The Bertz CT molecular complexity index is 1740. The summed E-state index contributed by atoms with van der Waals surface area (Å²) >= 11 is 6.81. The van der Waals surface area contributed by atoms with Crippen molar-refractivity contribution >= 4 is 40.7 Å². The standard InChI is InChI=1S/C34H23ClFNO3/c1-19-10-12-20(13-11-19)31(38)30-29(25-8-4-5-9-26(25)35)34(32(39)23-6-2-3-7-24(23)33(34)40)28-17-14-21-18-22(36)15-16-27(21)37(28)30/h2-18,28-30H,1H3/t28-,29-,30+/m0/s1. The van der Waals surface area contributed by atoms with E-state index in [1.54, 1.807) is 78.9 Å². The normalized spacial score (nSPS) is 21.9. The molecule has 6 heteroatoms. The molecule has 0 saturated carbocycles. The van der Waals surface area contributed by atoms with E-state index in [0.29, 0.717) is 38.5 Å². The zero-order valence-corrected chi connectivity index (χ0v) is 22.2. The first-order chi connectivity index (χ1) is 19.3. The first-order valence-corrected chi connectivity index (χ1v) is 13.5. The Hall–Kier alpha value is -4.35. The van der Waals surface area contributed by atoms with E-state index in [-0.39, 0.29) is 17.3 Å². The number of carbonyl (C=O) groups is 3. The molecule has 0 unspecified atom stereocenters. The highest BCUT2D eigenvalue weighted by atomic mass is 35.5. The maximum Gasteiger partial charge on any atom is 0.185 e. The highest BCUT2D eigenvalue weighted by Crippen LogP contribution is 2.61. The molecule has 1 spiro atoms. The summed E-state index contributed by atoms with van der Waals surface area (Å²) in [5.41, 5.74) is 2.19. The smallest absolute Gasteiger partial charge is 0.185 e. The van der Waals surface area contributed by atoms with Gasteiger partial charge in [0.25, 0.3) is 0 Å². The van der Waals surface area contributed by atoms with E-state index in [2.05, 4.69) is 0 Å². The van der Waals surface area contributed by atoms with E-state index in [4.69, 9.17) is 11.6 Å². The van der Waals surface area contributed by atoms with Gasteiger partial charge in [0.1, 0.15) is 17.3 Å². The van der Waals surface area contributed by atoms with E-state index in [9.17, 15) is 18.8 Å². The Morgan fingerprint density at radius 2 is 1.52 bits per heavy atom. The molecule has 0 aromatic heterocycles. The molecule has 1 aliphatic carbocycles. The van der Waals surface area contributed by atoms with E-state index in [1.807, 2.05) is 24.0 Å². The Kier molecular flexibility index (Phi) is 5.45. The lowest BCUT2D eigenvalue weighted by molar-refractivity contribution is 0.0666. The van der Waals surface area contributed by atoms with Gasteiger partial charge in [0.05, 0.1) is 6.04 Å². The molecule has 2 aliphatic heterocycles. The fourth-order valence-electron chi connectivity index (χ4n) is 6.91. The number of hydrogen-bond donors (Lipinski definition) is 0. The summed E-state index contributed by atoms with van der Waals surface area (Å²) < 4.78 is 14.3. The van der Waals surface area contributed by atoms with Gasteiger partial charge in [-0.1, -0.05) is 96.0 Å². The molecule has 0 amide bonds. The van der Waals surface area contributed by atoms with Crippen LogP contribution in [-0.4, -0.2) is 29.4 Å². The molecular weight excluding hydrogens is 525 g/mol. The Morgan fingerprint density at radius 1 is 0.875 bits per heavy atom. The lowest BCUT2D eigenvalue weighted by atomic mass is 9.64. The Balaban J connectivity index is 1.56. The van der Waals surface area contributed by atoms with Crippen molar-refractivity contribution in [1.82, 2.24) is 0 Å². The summed E-state index contributed by atoms with van der Waals surface area (Å²) in [6, 6.07) is 23.8. The van der Waals surface area contributed by atoms with Crippen LogP contribution in [0.15, 0.2) is 97.1 Å². The number of rotatable bonds is 3. The second-order valence-electron chi connectivity index (χ2n) is 10.7. The molecule has 0 bridgehead atoms. The van der Waals surface area contributed by atoms with Gasteiger partial charge in [0.15, 0.2) is 17.3 Å². The van der Waals surface area contributed by atoms with Gasteiger partial charge < -0.3 is 4.90 Å². The van der Waals surface area contributed by atoms with Gasteiger partial charge >= 0.3 is 0 Å². The third-order valence-corrected chi connectivity index (χ3v) is 8.95. The van der Waals surface area contributed by atoms with Gasteiger partial charge in [-0.3, -0.25) is 14.4 Å². The first kappa shape index (κ1) is 24.7. The molecule has 40 heavy (non-hydrogen) atoms. The highest BCUT2D eigenvalue weighted by Gasteiger charge is 2.71. The average molecular weight is 548 g/mol. The number of carbonyl (C=O) groups excluding carboxylic acids is 3. The predicted octanol–water partition coefficient (Wildman–Crippen LogP) is 7.10. The number of Topliss-reactive ketones (excluding diaryl/α,β-unsaturated/α-hetero) is 3. The molecule has 3 aliphatic rings. The molecular formula is C34H23ClFNO3. The molecule has 4 aromatic carbocycles. The topological polar surface area (TPSA) is 54.5 Å². The van der Waals surface area contributed by atoms with Crippen LogP contribution in [0.25, 0.3) is 6.08 Å². The summed E-state index contributed by atoms with van der Waals surface area (Å²) in [4.78, 5) is 45.7. The van der Waals surface area contributed by atoms with Gasteiger partial charge in [-0.05, 0) is 36.8 Å². The summed E-state index contributed by atoms with van der Waals surface area (Å²) in [6.45, 7) is 1.94. The minimum Gasteiger partial charge on any atom is -0.352 e. The predicted molar refractivity (Wildman–Crippen MR) is 153 cm³/mol. The fraction of sp³-hybridized carbons (Fsp3) is 0.147. The van der Waals surface area contributed by atoms with Crippen LogP contribution in [0.3, 0.4) is 0 Å². The quantitative estimate of drug-likeness (QED) is 0.203. The fourth-order valence-corrected chi connectivity index (χ4v) is 7.16. The minimum absolute atomic E-state index is 0.242. The van der Waals surface area contributed by atoms with Crippen molar-refractivity contribution in [2.45, 2.75) is 24.9 Å². The molecule has 2 heterocycles. The van der Waals surface area contributed by atoms with Crippen molar-refractivity contribution in [2.75, 3.05) is 4.90 Å².